The van der Waals surface area contributed by atoms with Crippen LogP contribution in [0.25, 0.3) is 0 Å². The van der Waals surface area contributed by atoms with Crippen LogP contribution in [0, 0.1) is 5.41 Å². The predicted molar refractivity (Wildman–Crippen MR) is 55.5 cm³/mol. The highest BCUT2D eigenvalue weighted by molar-refractivity contribution is 5.75. The van der Waals surface area contributed by atoms with Gasteiger partial charge in [-0.05, 0) is 12.2 Å². The van der Waals surface area contributed by atoms with Crippen LogP contribution in [-0.2, 0) is 4.79 Å². The molecule has 3 heteroatoms. The first kappa shape index (κ1) is 10.6. The molecule has 0 spiro atoms. The van der Waals surface area contributed by atoms with Crippen molar-refractivity contribution in [2.24, 2.45) is 5.41 Å². The fourth-order valence-corrected chi connectivity index (χ4v) is 1.26. The van der Waals surface area contributed by atoms with E-state index in [1.54, 1.807) is 12.2 Å². The molecule has 1 rings (SSSR count). The lowest BCUT2D eigenvalue weighted by molar-refractivity contribution is -0.118. The van der Waals surface area contributed by atoms with Gasteiger partial charge in [0.05, 0.1) is 5.70 Å². The molecule has 14 heavy (non-hydrogen) atoms. The minimum Gasteiger partial charge on any atom is -0.506 e. The van der Waals surface area contributed by atoms with Crippen molar-refractivity contribution in [3.8, 4) is 0 Å². The van der Waals surface area contributed by atoms with E-state index >= 15 is 0 Å². The number of aliphatic hydroxyl groups excluding tert-OH is 1. The summed E-state index contributed by atoms with van der Waals surface area (Å²) in [7, 11) is 0. The van der Waals surface area contributed by atoms with E-state index in [1.807, 2.05) is 26.0 Å². The Bertz CT molecular complexity index is 335. The van der Waals surface area contributed by atoms with E-state index in [0.29, 0.717) is 5.70 Å². The number of allylic oxidation sites excluding steroid dienone is 4. The molecule has 3 nitrogen and oxygen atoms in total. The zero-order chi connectivity index (χ0) is 10.8. The van der Waals surface area contributed by atoms with Crippen LogP contribution in [0.15, 0.2) is 35.8 Å². The highest BCUT2D eigenvalue weighted by Crippen LogP contribution is 2.24. The molecule has 76 valence electrons. The number of carbonyl (C=O) groups excluding carboxylic acids is 1. The van der Waals surface area contributed by atoms with Crippen LogP contribution in [0.4, 0.5) is 0 Å². The highest BCUT2D eigenvalue weighted by atomic mass is 16.3. The van der Waals surface area contributed by atoms with Gasteiger partial charge in [0.1, 0.15) is 5.76 Å². The number of nitrogens with one attached hydrogen (secondary N) is 1. The predicted octanol–water partition coefficient (Wildman–Crippen LogP) is 2.04. The van der Waals surface area contributed by atoms with Gasteiger partial charge in [-0.1, -0.05) is 26.0 Å². The Morgan fingerprint density at radius 3 is 2.71 bits per heavy atom. The molecular formula is C11H15NO2. The highest BCUT2D eigenvalue weighted by Gasteiger charge is 2.16. The van der Waals surface area contributed by atoms with Crippen molar-refractivity contribution in [3.63, 3.8) is 0 Å². The Balaban J connectivity index is 3.00. The Morgan fingerprint density at radius 2 is 2.14 bits per heavy atom. The molecule has 0 saturated carbocycles. The number of hydrogen-bond acceptors (Lipinski definition) is 2. The van der Waals surface area contributed by atoms with E-state index in [2.05, 4.69) is 5.32 Å². The Labute approximate surface area is 83.8 Å². The summed E-state index contributed by atoms with van der Waals surface area (Å²) in [5.74, 6) is -0.101. The van der Waals surface area contributed by atoms with Crippen LogP contribution in [0.3, 0.4) is 0 Å². The summed E-state index contributed by atoms with van der Waals surface area (Å²) < 4.78 is 0. The monoisotopic (exact) mass is 193 g/mol. The van der Waals surface area contributed by atoms with Crippen molar-refractivity contribution >= 4 is 5.91 Å². The molecule has 0 bridgehead atoms. The molecule has 0 atom stereocenters. The molecule has 2 N–H and O–H groups in total. The van der Waals surface area contributed by atoms with E-state index < -0.39 is 0 Å². The minimum absolute atomic E-state index is 0.0852. The lowest BCUT2D eigenvalue weighted by Crippen LogP contribution is -2.22. The van der Waals surface area contributed by atoms with Crippen molar-refractivity contribution in [2.45, 2.75) is 20.8 Å². The Hall–Kier alpha value is -1.51. The third kappa shape index (κ3) is 2.76. The van der Waals surface area contributed by atoms with Gasteiger partial charge in [0.2, 0.25) is 5.91 Å². The SMILES string of the molecule is CC(=O)NC1=CC(C)(C)C=CC=C1O. The first-order valence-corrected chi connectivity index (χ1v) is 4.50. The average molecular weight is 193 g/mol. The molecule has 0 saturated heterocycles. The largest absolute Gasteiger partial charge is 0.506 e. The van der Waals surface area contributed by atoms with Crippen LogP contribution in [-0.4, -0.2) is 11.0 Å². The maximum Gasteiger partial charge on any atom is 0.221 e. The maximum atomic E-state index is 10.9. The van der Waals surface area contributed by atoms with E-state index in [4.69, 9.17) is 0 Å². The fourth-order valence-electron chi connectivity index (χ4n) is 1.26. The molecule has 0 aliphatic heterocycles. The second-order valence-corrected chi connectivity index (χ2v) is 3.97. The molecule has 0 heterocycles. The standard InChI is InChI=1S/C11H15NO2/c1-8(13)12-9-7-11(2,3)6-4-5-10(9)14/h4-7,14H,1-3H3,(H,12,13). The van der Waals surface area contributed by atoms with Crippen molar-refractivity contribution in [3.05, 3.63) is 35.8 Å². The molecule has 1 aliphatic rings. The molecule has 1 amide bonds. The molecule has 0 radical (unpaired) electrons. The Kier molecular flexibility index (Phi) is 2.79. The van der Waals surface area contributed by atoms with Crippen molar-refractivity contribution in [1.82, 2.24) is 5.32 Å². The molecule has 0 fully saturated rings. The topological polar surface area (TPSA) is 49.3 Å². The molecule has 1 aliphatic carbocycles. The summed E-state index contributed by atoms with van der Waals surface area (Å²) in [5, 5.41) is 12.1. The normalized spacial score (nSPS) is 19.4. The van der Waals surface area contributed by atoms with Gasteiger partial charge in [-0.3, -0.25) is 4.79 Å². The van der Waals surface area contributed by atoms with Gasteiger partial charge >= 0.3 is 0 Å². The smallest absolute Gasteiger partial charge is 0.221 e. The van der Waals surface area contributed by atoms with Crippen LogP contribution < -0.4 is 5.32 Å². The molecule has 0 aromatic rings. The van der Waals surface area contributed by atoms with E-state index in [-0.39, 0.29) is 17.1 Å². The second kappa shape index (κ2) is 3.70. The van der Waals surface area contributed by atoms with E-state index in [1.165, 1.54) is 6.92 Å². The lowest BCUT2D eigenvalue weighted by atomic mass is 9.92. The lowest BCUT2D eigenvalue weighted by Gasteiger charge is -2.16. The summed E-state index contributed by atoms with van der Waals surface area (Å²) in [5.41, 5.74) is 0.297. The first-order valence-electron chi connectivity index (χ1n) is 4.50. The number of amides is 1. The number of carbonyl (C=O) groups is 1. The van der Waals surface area contributed by atoms with Gasteiger partial charge in [-0.2, -0.15) is 0 Å². The number of hydrogen-bond donors (Lipinski definition) is 2. The summed E-state index contributed by atoms with van der Waals surface area (Å²) in [4.78, 5) is 10.9. The Morgan fingerprint density at radius 1 is 1.50 bits per heavy atom. The number of aliphatic hydroxyl groups is 1. The first-order chi connectivity index (χ1) is 6.41. The van der Waals surface area contributed by atoms with Crippen LogP contribution in [0.2, 0.25) is 0 Å². The zero-order valence-corrected chi connectivity index (χ0v) is 8.66. The third-order valence-corrected chi connectivity index (χ3v) is 1.88. The maximum absolute atomic E-state index is 10.9. The summed E-state index contributed by atoms with van der Waals surface area (Å²) in [6.07, 6.45) is 7.12. The molecular weight excluding hydrogens is 178 g/mol. The zero-order valence-electron chi connectivity index (χ0n) is 8.66. The van der Waals surface area contributed by atoms with Gasteiger partial charge in [0.25, 0.3) is 0 Å². The van der Waals surface area contributed by atoms with Crippen LogP contribution in [0.5, 0.6) is 0 Å². The molecule has 0 aromatic carbocycles. The average Bonchev–Trinajstić information content (AvgIpc) is 2.10. The van der Waals surface area contributed by atoms with Crippen molar-refractivity contribution in [1.29, 1.82) is 0 Å². The van der Waals surface area contributed by atoms with E-state index in [9.17, 15) is 9.90 Å². The number of rotatable bonds is 1. The fraction of sp³-hybridized carbons (Fsp3) is 0.364. The minimum atomic E-state index is -0.186. The van der Waals surface area contributed by atoms with Gasteiger partial charge < -0.3 is 10.4 Å². The van der Waals surface area contributed by atoms with E-state index in [0.717, 1.165) is 0 Å². The summed E-state index contributed by atoms with van der Waals surface area (Å²) in [6, 6.07) is 0. The summed E-state index contributed by atoms with van der Waals surface area (Å²) >= 11 is 0. The van der Waals surface area contributed by atoms with Gasteiger partial charge in [-0.25, -0.2) is 0 Å². The van der Waals surface area contributed by atoms with Crippen LogP contribution >= 0.6 is 0 Å². The molecule has 0 aromatic heterocycles. The quantitative estimate of drug-likeness (QED) is 0.669. The van der Waals surface area contributed by atoms with Crippen molar-refractivity contribution in [2.75, 3.05) is 0 Å². The van der Waals surface area contributed by atoms with Gasteiger partial charge in [0.15, 0.2) is 0 Å². The molecule has 0 unspecified atom stereocenters. The van der Waals surface area contributed by atoms with Gasteiger partial charge in [-0.15, -0.1) is 0 Å². The van der Waals surface area contributed by atoms with Crippen molar-refractivity contribution < 1.29 is 9.90 Å². The second-order valence-electron chi connectivity index (χ2n) is 3.97. The van der Waals surface area contributed by atoms with Crippen LogP contribution in [0.1, 0.15) is 20.8 Å². The van der Waals surface area contributed by atoms with Gasteiger partial charge in [0, 0.05) is 12.3 Å². The summed E-state index contributed by atoms with van der Waals surface area (Å²) in [6.45, 7) is 5.41. The third-order valence-electron chi connectivity index (χ3n) is 1.88.